The Hall–Kier alpha value is -5.04. The van der Waals surface area contributed by atoms with Crippen LogP contribution in [0.3, 0.4) is 0 Å². The molecule has 0 saturated carbocycles. The quantitative estimate of drug-likeness (QED) is 0.0429. The third kappa shape index (κ3) is 8.60. The van der Waals surface area contributed by atoms with Crippen LogP contribution in [0, 0.1) is 11.3 Å². The normalized spacial score (nSPS) is 12.9. The summed E-state index contributed by atoms with van der Waals surface area (Å²) in [4.78, 5) is 16.3. The zero-order valence-electron chi connectivity index (χ0n) is 34.8. The van der Waals surface area contributed by atoms with Crippen molar-refractivity contribution in [1.82, 2.24) is 4.57 Å². The Morgan fingerprint density at radius 3 is 2.05 bits per heavy atom. The largest absolute Gasteiger partial charge is 0.477 e. The molecule has 0 bridgehead atoms. The highest BCUT2D eigenvalue weighted by Crippen LogP contribution is 2.46. The zero-order valence-corrected chi connectivity index (χ0v) is 38.0. The second kappa shape index (κ2) is 18.7. The number of aryl methyl sites for hydroxylation is 1. The van der Waals surface area contributed by atoms with Crippen LogP contribution in [0.25, 0.3) is 74.0 Å². The average Bonchev–Trinajstić information content (AvgIpc) is 4.09. The molecule has 5 heterocycles. The first-order chi connectivity index (χ1) is 29.3. The maximum absolute atomic E-state index is 11.5. The Morgan fingerprint density at radius 2 is 1.38 bits per heavy atom. The fourth-order valence-electron chi connectivity index (χ4n) is 8.25. The van der Waals surface area contributed by atoms with Gasteiger partial charge >= 0.3 is 5.97 Å². The van der Waals surface area contributed by atoms with Crippen LogP contribution in [0.15, 0.2) is 108 Å². The third-order valence-corrected chi connectivity index (χ3v) is 16.7. The fraction of sp³-hybridized carbons (Fsp3) is 0.269. The highest BCUT2D eigenvalue weighted by molar-refractivity contribution is 7.39. The summed E-state index contributed by atoms with van der Waals surface area (Å²) in [5, 5.41) is 21.2. The second-order valence-corrected chi connectivity index (χ2v) is 20.0. The Balaban J connectivity index is 1.15. The molecule has 0 fully saturated rings. The van der Waals surface area contributed by atoms with Gasteiger partial charge in [-0.3, -0.25) is 0 Å². The molecule has 0 radical (unpaired) electrons. The van der Waals surface area contributed by atoms with E-state index in [9.17, 15) is 15.2 Å². The van der Waals surface area contributed by atoms with E-state index >= 15 is 0 Å². The minimum Gasteiger partial charge on any atom is -0.477 e. The topological polar surface area (TPSA) is 66.0 Å². The van der Waals surface area contributed by atoms with E-state index in [4.69, 9.17) is 0 Å². The summed E-state index contributed by atoms with van der Waals surface area (Å²) in [6.07, 6.45) is 15.9. The standard InChI is InChI=1S/C52H50N2O2S4/c1-5-7-9-11-17-36(27-33(3)45-31-48-51(59-45)50-47(58-48)30-40(57-50)28-38(32-53)52(55)56)34(4)46-29-37(18-12-10-8-6-2)49(60-46)35-23-25-39(26-24-35)54-43-21-15-13-19-41(43)42-20-14-16-22-44(42)54/h13-16,19-31H,5-12,17-18H2,1-4H3,(H,55,56)/b33-27+,36-34+,38-28-. The lowest BCUT2D eigenvalue weighted by atomic mass is 9.97. The first-order valence-corrected chi connectivity index (χ1v) is 24.5. The molecule has 60 heavy (non-hydrogen) atoms. The summed E-state index contributed by atoms with van der Waals surface area (Å²) in [6, 6.07) is 35.3. The SMILES string of the molecule is CCCCCCC(/C=C(\C)c1cc2sc3cc(/C=C(/C#N)C(=O)O)sc3c2s1)=C(/C)c1cc(CCCCCC)c(-c2ccc(-n3c4ccccc4c4ccccc43)cc2)s1. The van der Waals surface area contributed by atoms with E-state index in [0.717, 1.165) is 22.4 Å². The van der Waals surface area contributed by atoms with Gasteiger partial charge in [0.05, 0.1) is 20.4 Å². The molecule has 0 unspecified atom stereocenters. The monoisotopic (exact) mass is 862 g/mol. The Labute approximate surface area is 369 Å². The van der Waals surface area contributed by atoms with Crippen LogP contribution >= 0.6 is 45.3 Å². The Kier molecular flexibility index (Phi) is 13.0. The van der Waals surface area contributed by atoms with Gasteiger partial charge in [0.2, 0.25) is 0 Å². The number of hydrogen-bond donors (Lipinski definition) is 1. The van der Waals surface area contributed by atoms with Gasteiger partial charge in [-0.05, 0) is 116 Å². The zero-order chi connectivity index (χ0) is 41.8. The maximum Gasteiger partial charge on any atom is 0.346 e. The smallest absolute Gasteiger partial charge is 0.346 e. The minimum absolute atomic E-state index is 0.241. The average molecular weight is 863 g/mol. The number of carboxylic acid groups (broad SMARTS) is 1. The number of carboxylic acids is 1. The van der Waals surface area contributed by atoms with Gasteiger partial charge in [0.15, 0.2) is 0 Å². The highest BCUT2D eigenvalue weighted by atomic mass is 32.1. The van der Waals surface area contributed by atoms with Crippen LogP contribution in [0.5, 0.6) is 0 Å². The Morgan fingerprint density at radius 1 is 0.733 bits per heavy atom. The molecule has 0 spiro atoms. The van der Waals surface area contributed by atoms with Crippen molar-refractivity contribution in [3.63, 3.8) is 0 Å². The van der Waals surface area contributed by atoms with E-state index in [0.29, 0.717) is 0 Å². The minimum atomic E-state index is -1.19. The van der Waals surface area contributed by atoms with E-state index in [1.54, 1.807) is 22.7 Å². The molecule has 0 saturated heterocycles. The lowest BCUT2D eigenvalue weighted by Gasteiger charge is -2.10. The Bertz CT molecular complexity index is 2920. The molecular weight excluding hydrogens is 813 g/mol. The van der Waals surface area contributed by atoms with Gasteiger partial charge in [0.1, 0.15) is 11.6 Å². The van der Waals surface area contributed by atoms with Gasteiger partial charge in [0.25, 0.3) is 0 Å². The van der Waals surface area contributed by atoms with Crippen molar-refractivity contribution in [3.05, 3.63) is 128 Å². The van der Waals surface area contributed by atoms with Gasteiger partial charge in [0, 0.05) is 45.4 Å². The number of benzene rings is 3. The van der Waals surface area contributed by atoms with Crippen LogP contribution in [0.2, 0.25) is 0 Å². The summed E-state index contributed by atoms with van der Waals surface area (Å²) in [6.45, 7) is 9.14. The maximum atomic E-state index is 11.5. The molecule has 8 aromatic rings. The second-order valence-electron chi connectivity index (χ2n) is 15.7. The summed E-state index contributed by atoms with van der Waals surface area (Å²) >= 11 is 7.07. The van der Waals surface area contributed by atoms with E-state index < -0.39 is 5.97 Å². The molecule has 0 atom stereocenters. The first kappa shape index (κ1) is 41.7. The molecule has 8 heteroatoms. The van der Waals surface area contributed by atoms with Gasteiger partial charge in [-0.2, -0.15) is 5.26 Å². The molecule has 0 aliphatic carbocycles. The number of thiophene rings is 4. The van der Waals surface area contributed by atoms with Crippen LogP contribution < -0.4 is 0 Å². The lowest BCUT2D eigenvalue weighted by Crippen LogP contribution is -1.96. The number of rotatable bonds is 17. The van der Waals surface area contributed by atoms with E-state index in [-0.39, 0.29) is 5.57 Å². The number of nitrogens with zero attached hydrogens (tertiary/aromatic N) is 2. The summed E-state index contributed by atoms with van der Waals surface area (Å²) < 4.78 is 7.19. The van der Waals surface area contributed by atoms with Crippen molar-refractivity contribution < 1.29 is 9.90 Å². The molecule has 5 aromatic heterocycles. The number of para-hydroxylation sites is 2. The van der Waals surface area contributed by atoms with Crippen molar-refractivity contribution in [2.24, 2.45) is 0 Å². The molecule has 0 aliphatic rings. The molecule has 0 amide bonds. The predicted molar refractivity (Wildman–Crippen MR) is 263 cm³/mol. The molecule has 8 rings (SSSR count). The lowest BCUT2D eigenvalue weighted by molar-refractivity contribution is -0.132. The summed E-state index contributed by atoms with van der Waals surface area (Å²) in [5.74, 6) is -1.19. The van der Waals surface area contributed by atoms with Crippen molar-refractivity contribution in [3.8, 4) is 22.2 Å². The molecule has 1 N–H and O–H groups in total. The predicted octanol–water partition coefficient (Wildman–Crippen LogP) is 17.0. The molecule has 0 aliphatic heterocycles. The third-order valence-electron chi connectivity index (χ3n) is 11.5. The van der Waals surface area contributed by atoms with Crippen LogP contribution in [0.4, 0.5) is 0 Å². The van der Waals surface area contributed by atoms with Crippen LogP contribution in [-0.2, 0) is 11.2 Å². The van der Waals surface area contributed by atoms with Crippen LogP contribution in [-0.4, -0.2) is 15.6 Å². The summed E-state index contributed by atoms with van der Waals surface area (Å²) in [7, 11) is 0. The number of hydrogen-bond acceptors (Lipinski definition) is 6. The number of aromatic nitrogens is 1. The van der Waals surface area contributed by atoms with E-state index in [1.807, 2.05) is 34.8 Å². The number of carbonyl (C=O) groups is 1. The number of allylic oxidation sites excluding steroid dienone is 4. The van der Waals surface area contributed by atoms with Gasteiger partial charge in [-0.15, -0.1) is 45.3 Å². The number of unbranched alkanes of at least 4 members (excludes halogenated alkanes) is 6. The highest BCUT2D eigenvalue weighted by Gasteiger charge is 2.18. The van der Waals surface area contributed by atoms with E-state index in [1.165, 1.54) is 142 Å². The van der Waals surface area contributed by atoms with Crippen molar-refractivity contribution in [1.29, 1.82) is 5.26 Å². The van der Waals surface area contributed by atoms with Gasteiger partial charge in [-0.25, -0.2) is 4.79 Å². The number of fused-ring (bicyclic) bond motifs is 6. The van der Waals surface area contributed by atoms with Gasteiger partial charge < -0.3 is 9.67 Å². The van der Waals surface area contributed by atoms with E-state index in [2.05, 4.69) is 123 Å². The fourth-order valence-corrected chi connectivity index (χ4v) is 13.5. The number of nitriles is 1. The van der Waals surface area contributed by atoms with Crippen molar-refractivity contribution in [2.45, 2.75) is 91.9 Å². The molecule has 304 valence electrons. The summed E-state index contributed by atoms with van der Waals surface area (Å²) in [5.41, 5.74) is 10.2. The van der Waals surface area contributed by atoms with Crippen LogP contribution in [0.1, 0.15) is 106 Å². The van der Waals surface area contributed by atoms with Gasteiger partial charge in [-0.1, -0.05) is 107 Å². The first-order valence-electron chi connectivity index (χ1n) is 21.2. The molecular formula is C52H50N2O2S4. The van der Waals surface area contributed by atoms with Crippen molar-refractivity contribution >= 4 is 109 Å². The van der Waals surface area contributed by atoms with Crippen molar-refractivity contribution in [2.75, 3.05) is 0 Å². The number of aliphatic carboxylic acids is 1. The molecule has 3 aromatic carbocycles. The molecule has 4 nitrogen and oxygen atoms in total.